The number of carbonyl (C=O) groups excluding carboxylic acids is 1. The molecule has 6 heteroatoms. The molecule has 1 atom stereocenters. The van der Waals surface area contributed by atoms with Gasteiger partial charge in [0.25, 0.3) is 0 Å². The van der Waals surface area contributed by atoms with E-state index in [1.165, 1.54) is 11.9 Å². The zero-order chi connectivity index (χ0) is 23.8. The Morgan fingerprint density at radius 1 is 0.971 bits per heavy atom. The first-order valence-corrected chi connectivity index (χ1v) is 11.3. The molecule has 0 spiro atoms. The number of benzene rings is 3. The number of amides is 1. The van der Waals surface area contributed by atoms with E-state index in [-0.39, 0.29) is 18.9 Å². The fourth-order valence-electron chi connectivity index (χ4n) is 5.01. The second kappa shape index (κ2) is 8.71. The van der Waals surface area contributed by atoms with Gasteiger partial charge in [-0.1, -0.05) is 66.7 Å². The van der Waals surface area contributed by atoms with Gasteiger partial charge in [-0.2, -0.15) is 0 Å². The molecule has 6 nitrogen and oxygen atoms in total. The summed E-state index contributed by atoms with van der Waals surface area (Å²) in [5.41, 5.74) is 6.42. The number of aliphatic carboxylic acids is 1. The van der Waals surface area contributed by atoms with E-state index in [1.807, 2.05) is 66.3 Å². The Morgan fingerprint density at radius 2 is 1.56 bits per heavy atom. The number of likely N-dealkylation sites (N-methyl/N-ethyl adjacent to an activating group) is 1. The van der Waals surface area contributed by atoms with Gasteiger partial charge < -0.3 is 14.4 Å². The maximum absolute atomic E-state index is 13.0. The first-order chi connectivity index (χ1) is 16.5. The molecule has 0 bridgehead atoms. The number of ether oxygens (including phenoxy) is 1. The van der Waals surface area contributed by atoms with E-state index in [2.05, 4.69) is 24.3 Å². The van der Waals surface area contributed by atoms with Crippen molar-refractivity contribution >= 4 is 23.0 Å². The average molecular weight is 455 g/mol. The highest BCUT2D eigenvalue weighted by atomic mass is 16.6. The van der Waals surface area contributed by atoms with Gasteiger partial charge >= 0.3 is 12.1 Å². The van der Waals surface area contributed by atoms with Gasteiger partial charge in [-0.3, -0.25) is 4.90 Å². The van der Waals surface area contributed by atoms with Crippen LogP contribution in [0.4, 0.5) is 4.79 Å². The predicted molar refractivity (Wildman–Crippen MR) is 131 cm³/mol. The molecular weight excluding hydrogens is 428 g/mol. The standard InChI is InChI=1S/C28H26N2O4/c1-29-16-18(19-9-7-8-14-25(19)29)15-26(27(31)32)30(2)28(33)34-17-24-22-12-5-3-10-20(22)21-11-4-6-13-23(21)24/h3-14,16,24,26H,15,17H2,1-2H3,(H,31,32)/t26-/m0/s1. The Balaban J connectivity index is 1.33. The quantitative estimate of drug-likeness (QED) is 0.442. The summed E-state index contributed by atoms with van der Waals surface area (Å²) < 4.78 is 7.65. The number of nitrogens with zero attached hydrogens (tertiary/aromatic N) is 2. The largest absolute Gasteiger partial charge is 0.480 e. The van der Waals surface area contributed by atoms with Crippen LogP contribution in [0, 0.1) is 0 Å². The molecule has 34 heavy (non-hydrogen) atoms. The van der Waals surface area contributed by atoms with Crippen LogP contribution in [0.15, 0.2) is 79.0 Å². The zero-order valence-corrected chi connectivity index (χ0v) is 19.1. The minimum absolute atomic E-state index is 0.0777. The molecule has 1 amide bonds. The summed E-state index contributed by atoms with van der Waals surface area (Å²) in [7, 11) is 3.42. The van der Waals surface area contributed by atoms with Crippen LogP contribution < -0.4 is 0 Å². The highest BCUT2D eigenvalue weighted by molar-refractivity contribution is 5.86. The van der Waals surface area contributed by atoms with Crippen molar-refractivity contribution < 1.29 is 19.4 Å². The molecule has 0 saturated heterocycles. The lowest BCUT2D eigenvalue weighted by molar-refractivity contribution is -0.142. The Morgan fingerprint density at radius 3 is 2.21 bits per heavy atom. The van der Waals surface area contributed by atoms with Gasteiger partial charge in [0.1, 0.15) is 12.6 Å². The molecule has 0 radical (unpaired) electrons. The van der Waals surface area contributed by atoms with Crippen LogP contribution in [-0.4, -0.2) is 46.3 Å². The van der Waals surface area contributed by atoms with Crippen LogP contribution in [0.25, 0.3) is 22.0 Å². The molecule has 3 aromatic carbocycles. The van der Waals surface area contributed by atoms with Crippen LogP contribution in [-0.2, 0) is 23.0 Å². The number of aromatic nitrogens is 1. The van der Waals surface area contributed by atoms with Gasteiger partial charge in [0, 0.05) is 43.5 Å². The third-order valence-electron chi connectivity index (χ3n) is 6.77. The van der Waals surface area contributed by atoms with Gasteiger partial charge in [0.05, 0.1) is 0 Å². The number of hydrogen-bond acceptors (Lipinski definition) is 3. The Bertz CT molecular complexity index is 1340. The van der Waals surface area contributed by atoms with E-state index in [4.69, 9.17) is 4.74 Å². The lowest BCUT2D eigenvalue weighted by Crippen LogP contribution is -2.44. The summed E-state index contributed by atoms with van der Waals surface area (Å²) >= 11 is 0. The SMILES string of the molecule is CN(C(=O)OCC1c2ccccc2-c2ccccc21)[C@@H](Cc1cn(C)c2ccccc12)C(=O)O. The first-order valence-electron chi connectivity index (χ1n) is 11.3. The van der Waals surface area contributed by atoms with Gasteiger partial charge in [-0.15, -0.1) is 0 Å². The minimum atomic E-state index is -1.07. The molecule has 1 heterocycles. The summed E-state index contributed by atoms with van der Waals surface area (Å²) in [5.74, 6) is -1.14. The van der Waals surface area contributed by atoms with E-state index < -0.39 is 18.1 Å². The third kappa shape index (κ3) is 3.71. The van der Waals surface area contributed by atoms with Crippen molar-refractivity contribution in [3.8, 4) is 11.1 Å². The first kappa shape index (κ1) is 21.8. The summed E-state index contributed by atoms with van der Waals surface area (Å²) in [4.78, 5) is 26.3. The maximum Gasteiger partial charge on any atom is 0.410 e. The second-order valence-electron chi connectivity index (χ2n) is 8.76. The van der Waals surface area contributed by atoms with E-state index in [9.17, 15) is 14.7 Å². The van der Waals surface area contributed by atoms with Crippen LogP contribution in [0.5, 0.6) is 0 Å². The number of aryl methyl sites for hydroxylation is 1. The molecule has 172 valence electrons. The summed E-state index contributed by atoms with van der Waals surface area (Å²) in [6, 6.07) is 23.0. The number of carboxylic acid groups (broad SMARTS) is 1. The highest BCUT2D eigenvalue weighted by Crippen LogP contribution is 2.44. The fourth-order valence-corrected chi connectivity index (χ4v) is 5.01. The molecule has 0 aliphatic heterocycles. The van der Waals surface area contributed by atoms with E-state index in [1.54, 1.807) is 0 Å². The topological polar surface area (TPSA) is 71.8 Å². The number of rotatable bonds is 6. The van der Waals surface area contributed by atoms with E-state index in [0.29, 0.717) is 0 Å². The number of hydrogen-bond donors (Lipinski definition) is 1. The molecule has 5 rings (SSSR count). The number of fused-ring (bicyclic) bond motifs is 4. The van der Waals surface area contributed by atoms with Crippen LogP contribution in [0.2, 0.25) is 0 Å². The van der Waals surface area contributed by atoms with Crippen molar-refractivity contribution in [3.05, 3.63) is 95.7 Å². The number of carbonyl (C=O) groups is 2. The monoisotopic (exact) mass is 454 g/mol. The summed E-state index contributed by atoms with van der Waals surface area (Å²) in [6.45, 7) is 0.151. The van der Waals surface area contributed by atoms with Crippen molar-refractivity contribution in [3.63, 3.8) is 0 Å². The van der Waals surface area contributed by atoms with Gasteiger partial charge in [0.2, 0.25) is 0 Å². The lowest BCUT2D eigenvalue weighted by Gasteiger charge is -2.25. The Kier molecular flexibility index (Phi) is 5.57. The second-order valence-corrected chi connectivity index (χ2v) is 8.76. The molecule has 1 aliphatic rings. The third-order valence-corrected chi connectivity index (χ3v) is 6.77. The van der Waals surface area contributed by atoms with Gasteiger partial charge in [0.15, 0.2) is 0 Å². The predicted octanol–water partition coefficient (Wildman–Crippen LogP) is 5.05. The van der Waals surface area contributed by atoms with Crippen molar-refractivity contribution in [2.45, 2.75) is 18.4 Å². The van der Waals surface area contributed by atoms with Crippen LogP contribution in [0.1, 0.15) is 22.6 Å². The molecule has 1 N–H and O–H groups in total. The van der Waals surface area contributed by atoms with Gasteiger partial charge in [-0.05, 0) is 33.9 Å². The van der Waals surface area contributed by atoms with E-state index >= 15 is 0 Å². The maximum atomic E-state index is 13.0. The summed E-state index contributed by atoms with van der Waals surface area (Å²) in [5, 5.41) is 10.9. The van der Waals surface area contributed by atoms with Crippen LogP contribution >= 0.6 is 0 Å². The van der Waals surface area contributed by atoms with Crippen molar-refractivity contribution in [1.29, 1.82) is 0 Å². The zero-order valence-electron chi connectivity index (χ0n) is 19.1. The number of para-hydroxylation sites is 1. The van der Waals surface area contributed by atoms with Crippen molar-refractivity contribution in [2.24, 2.45) is 7.05 Å². The smallest absolute Gasteiger partial charge is 0.410 e. The van der Waals surface area contributed by atoms with Crippen LogP contribution in [0.3, 0.4) is 0 Å². The normalized spacial score (nSPS) is 13.4. The summed E-state index contributed by atoms with van der Waals surface area (Å²) in [6.07, 6.45) is 1.47. The fraction of sp³-hybridized carbons (Fsp3) is 0.214. The Labute approximate surface area is 198 Å². The van der Waals surface area contributed by atoms with Crippen molar-refractivity contribution in [1.82, 2.24) is 9.47 Å². The van der Waals surface area contributed by atoms with Gasteiger partial charge in [-0.25, -0.2) is 9.59 Å². The molecule has 0 saturated carbocycles. The molecule has 1 aromatic heterocycles. The Hall–Kier alpha value is -4.06. The minimum Gasteiger partial charge on any atom is -0.480 e. The average Bonchev–Trinajstić information content (AvgIpc) is 3.35. The molecule has 0 fully saturated rings. The van der Waals surface area contributed by atoms with E-state index in [0.717, 1.165) is 38.7 Å². The van der Waals surface area contributed by atoms with Crippen molar-refractivity contribution in [2.75, 3.05) is 13.7 Å². The molecule has 4 aromatic rings. The highest BCUT2D eigenvalue weighted by Gasteiger charge is 2.32. The molecule has 0 unspecified atom stereocenters. The lowest BCUT2D eigenvalue weighted by atomic mass is 9.98. The molecular formula is C28H26N2O4. The number of carboxylic acids is 1. The molecule has 1 aliphatic carbocycles.